The van der Waals surface area contributed by atoms with Gasteiger partial charge in [-0.1, -0.05) is 60.7 Å². The van der Waals surface area contributed by atoms with Gasteiger partial charge in [0.2, 0.25) is 5.71 Å². The van der Waals surface area contributed by atoms with Gasteiger partial charge in [0.1, 0.15) is 23.7 Å². The second-order valence-corrected chi connectivity index (χ2v) is 7.71. The molecule has 2 aromatic heterocycles. The van der Waals surface area contributed by atoms with E-state index in [0.717, 1.165) is 39.6 Å². The predicted octanol–water partition coefficient (Wildman–Crippen LogP) is 2.08. The normalized spacial score (nSPS) is 10.8. The number of benzene rings is 3. The van der Waals surface area contributed by atoms with Gasteiger partial charge in [-0.25, -0.2) is 9.97 Å². The molecule has 36 heavy (non-hydrogen) atoms. The number of aliphatic carboxylic acids is 1. The molecule has 0 saturated carbocycles. The Labute approximate surface area is 229 Å². The van der Waals surface area contributed by atoms with E-state index in [0.29, 0.717) is 22.9 Å². The molecule has 8 heteroatoms. The number of carboxylic acid groups (broad SMARTS) is 1. The molecule has 7 nitrogen and oxygen atoms in total. The number of hydrogen-bond acceptors (Lipinski definition) is 7. The largest absolute Gasteiger partial charge is 1.00 e. The molecule has 5 aromatic rings. The maximum Gasteiger partial charge on any atom is 1.00 e. The smallest absolute Gasteiger partial charge is 0.545 e. The topological polar surface area (TPSA) is 100 Å². The number of rotatable bonds is 7. The molecular weight excluding hydrogens is 465 g/mol. The first-order valence-electron chi connectivity index (χ1n) is 10.9. The molecule has 0 bridgehead atoms. The Kier molecular flexibility index (Phi) is 7.85. The van der Waals surface area contributed by atoms with E-state index in [1.165, 1.54) is 12.4 Å². The summed E-state index contributed by atoms with van der Waals surface area (Å²) in [6, 6.07) is 24.9. The summed E-state index contributed by atoms with van der Waals surface area (Å²) in [5.41, 5.74) is 4.57. The maximum atomic E-state index is 10.8. The molecule has 5 rings (SSSR count). The van der Waals surface area contributed by atoms with Gasteiger partial charge in [0, 0.05) is 16.8 Å². The van der Waals surface area contributed by atoms with Crippen molar-refractivity contribution in [1.82, 2.24) is 9.97 Å². The number of carbonyl (C=O) groups excluding carboxylic acids is 1. The first-order valence-corrected chi connectivity index (χ1v) is 10.9. The number of ether oxygens (including phenoxy) is 1. The van der Waals surface area contributed by atoms with Crippen molar-refractivity contribution in [2.24, 2.45) is 0 Å². The van der Waals surface area contributed by atoms with Crippen molar-refractivity contribution in [2.45, 2.75) is 0 Å². The Bertz CT molecular complexity index is 1530. The molecule has 0 saturated heterocycles. The van der Waals surface area contributed by atoms with Crippen molar-refractivity contribution in [3.63, 3.8) is 0 Å². The molecule has 3 aromatic carbocycles. The summed E-state index contributed by atoms with van der Waals surface area (Å²) < 4.78 is 11.6. The minimum atomic E-state index is -1.25. The van der Waals surface area contributed by atoms with E-state index in [-0.39, 0.29) is 29.6 Å². The molecular formula is C28H20N3NaO4. The van der Waals surface area contributed by atoms with Crippen LogP contribution in [0.4, 0.5) is 11.5 Å². The fourth-order valence-corrected chi connectivity index (χ4v) is 3.88. The predicted molar refractivity (Wildman–Crippen MR) is 133 cm³/mol. The van der Waals surface area contributed by atoms with Crippen LogP contribution in [0, 0.1) is 0 Å². The van der Waals surface area contributed by atoms with E-state index in [4.69, 9.17) is 9.15 Å². The summed E-state index contributed by atoms with van der Waals surface area (Å²) in [6.07, 6.45) is 3.91. The third-order valence-corrected chi connectivity index (χ3v) is 5.46. The molecule has 0 atom stereocenters. The van der Waals surface area contributed by atoms with Crippen LogP contribution in [0.2, 0.25) is 0 Å². The number of carboxylic acids is 1. The van der Waals surface area contributed by atoms with Crippen LogP contribution >= 0.6 is 0 Å². The number of anilines is 2. The minimum absolute atomic E-state index is 0. The third kappa shape index (κ3) is 5.33. The van der Waals surface area contributed by atoms with Crippen LogP contribution in [0.15, 0.2) is 95.7 Å². The second-order valence-electron chi connectivity index (χ2n) is 7.71. The molecule has 0 spiro atoms. The van der Waals surface area contributed by atoms with E-state index in [1.807, 2.05) is 72.8 Å². The number of nitrogens with one attached hydrogen (secondary N) is 1. The van der Waals surface area contributed by atoms with Gasteiger partial charge in [-0.2, -0.15) is 0 Å². The average Bonchev–Trinajstić information content (AvgIpc) is 3.29. The van der Waals surface area contributed by atoms with Gasteiger partial charge < -0.3 is 24.4 Å². The molecule has 1 N–H and O–H groups in total. The van der Waals surface area contributed by atoms with Crippen LogP contribution in [0.25, 0.3) is 39.6 Å². The molecule has 0 aliphatic carbocycles. The Morgan fingerprint density at radius 3 is 2.47 bits per heavy atom. The van der Waals surface area contributed by atoms with Gasteiger partial charge in [0.05, 0.1) is 18.5 Å². The van der Waals surface area contributed by atoms with Crippen LogP contribution in [-0.2, 0) is 4.79 Å². The van der Waals surface area contributed by atoms with Gasteiger partial charge >= 0.3 is 29.6 Å². The molecule has 0 amide bonds. The third-order valence-electron chi connectivity index (χ3n) is 5.46. The first kappa shape index (κ1) is 25.2. The quantitative estimate of drug-likeness (QED) is 0.278. The van der Waals surface area contributed by atoms with E-state index in [1.54, 1.807) is 13.2 Å². The summed E-state index contributed by atoms with van der Waals surface area (Å²) in [7, 11) is 1.63. The fourth-order valence-electron chi connectivity index (χ4n) is 3.88. The van der Waals surface area contributed by atoms with Crippen LogP contribution in [0.1, 0.15) is 5.56 Å². The number of aromatic nitrogens is 2. The van der Waals surface area contributed by atoms with Gasteiger partial charge in [-0.3, -0.25) is 0 Å². The summed E-state index contributed by atoms with van der Waals surface area (Å²) >= 11 is 0. The van der Waals surface area contributed by atoms with Crippen molar-refractivity contribution in [2.75, 3.05) is 12.4 Å². The van der Waals surface area contributed by atoms with Gasteiger partial charge in [0.15, 0.2) is 0 Å². The average molecular weight is 485 g/mol. The van der Waals surface area contributed by atoms with E-state index in [2.05, 4.69) is 15.3 Å². The van der Waals surface area contributed by atoms with E-state index < -0.39 is 5.97 Å². The van der Waals surface area contributed by atoms with Crippen LogP contribution in [-0.4, -0.2) is 23.0 Å². The van der Waals surface area contributed by atoms with E-state index >= 15 is 0 Å². The molecule has 0 radical (unpaired) electrons. The zero-order valence-electron chi connectivity index (χ0n) is 19.8. The van der Waals surface area contributed by atoms with Crippen molar-refractivity contribution in [3.8, 4) is 28.2 Å². The number of furan rings is 1. The monoisotopic (exact) mass is 485 g/mol. The number of hydrogen-bond donors (Lipinski definition) is 1. The Morgan fingerprint density at radius 1 is 0.972 bits per heavy atom. The molecule has 0 fully saturated rings. The summed E-state index contributed by atoms with van der Waals surface area (Å²) in [5, 5.41) is 14.8. The Hall–Kier alpha value is -3.91. The molecule has 2 heterocycles. The molecule has 0 unspecified atom stereocenters. The molecule has 172 valence electrons. The van der Waals surface area contributed by atoms with Crippen molar-refractivity contribution < 1.29 is 48.6 Å². The van der Waals surface area contributed by atoms with Crippen molar-refractivity contribution in [1.29, 1.82) is 0 Å². The Balaban J connectivity index is 0.00000304. The minimum Gasteiger partial charge on any atom is -0.545 e. The Morgan fingerprint density at radius 2 is 1.75 bits per heavy atom. The van der Waals surface area contributed by atoms with Crippen molar-refractivity contribution in [3.05, 3.63) is 96.8 Å². The first-order chi connectivity index (χ1) is 17.1. The number of nitrogens with zero attached hydrogens (tertiary/aromatic N) is 2. The van der Waals surface area contributed by atoms with Gasteiger partial charge in [-0.05, 0) is 41.5 Å². The summed E-state index contributed by atoms with van der Waals surface area (Å²) in [4.78, 5) is 19.7. The SMILES string of the molecule is COc1ccc(-c2c(-c3ccccc3)oc3ncnc(Nc4cccc(/C=C/C(=O)[O-])c4)c23)cc1.[Na+]. The fraction of sp³-hybridized carbons (Fsp3) is 0.0357. The molecule has 0 aliphatic heterocycles. The second kappa shape index (κ2) is 11.2. The molecule has 0 aliphatic rings. The van der Waals surface area contributed by atoms with Gasteiger partial charge in [0.25, 0.3) is 0 Å². The summed E-state index contributed by atoms with van der Waals surface area (Å²) in [6.45, 7) is 0. The van der Waals surface area contributed by atoms with Crippen LogP contribution < -0.4 is 44.7 Å². The van der Waals surface area contributed by atoms with Gasteiger partial charge in [-0.15, -0.1) is 0 Å². The number of methoxy groups -OCH3 is 1. The maximum absolute atomic E-state index is 10.8. The standard InChI is InChI=1S/C28H21N3O4.Na/c1-34-22-13-11-19(12-14-22)24-25-27(31-21-9-5-6-18(16-21)10-15-23(32)33)29-17-30-28(25)35-26(24)20-7-3-2-4-8-20;/h2-17H,1H3,(H,32,33)(H,29,30,31);/q;+1/p-1/b15-10+;. The van der Waals surface area contributed by atoms with Crippen LogP contribution in [0.5, 0.6) is 5.75 Å². The number of carbonyl (C=O) groups is 1. The van der Waals surface area contributed by atoms with E-state index in [9.17, 15) is 9.90 Å². The zero-order chi connectivity index (χ0) is 24.2. The zero-order valence-corrected chi connectivity index (χ0v) is 21.8. The van der Waals surface area contributed by atoms with Crippen molar-refractivity contribution >= 4 is 34.7 Å². The summed E-state index contributed by atoms with van der Waals surface area (Å²) in [5.74, 6) is 0.739. The number of fused-ring (bicyclic) bond motifs is 1. The van der Waals surface area contributed by atoms with Crippen LogP contribution in [0.3, 0.4) is 0 Å².